The lowest BCUT2D eigenvalue weighted by molar-refractivity contribution is 0.250. The predicted octanol–water partition coefficient (Wildman–Crippen LogP) is 5.23. The summed E-state index contributed by atoms with van der Waals surface area (Å²) in [6.45, 7) is 10.4. The van der Waals surface area contributed by atoms with Crippen molar-refractivity contribution in [1.29, 1.82) is 0 Å². The molecule has 2 fully saturated rings. The lowest BCUT2D eigenvalue weighted by Gasteiger charge is -2.35. The number of rotatable bonds is 6. The van der Waals surface area contributed by atoms with Crippen LogP contribution in [-0.4, -0.2) is 23.0 Å². The summed E-state index contributed by atoms with van der Waals surface area (Å²) in [6.07, 6.45) is 10.7. The van der Waals surface area contributed by atoms with E-state index in [1.54, 1.807) is 0 Å². The van der Waals surface area contributed by atoms with Crippen molar-refractivity contribution in [2.24, 2.45) is 16.3 Å². The Hall–Kier alpha value is -0.180. The van der Waals surface area contributed by atoms with Crippen LogP contribution in [0.5, 0.6) is 0 Å². The molecule has 1 N–H and O–H groups in total. The van der Waals surface area contributed by atoms with Gasteiger partial charge >= 0.3 is 0 Å². The third-order valence-electron chi connectivity index (χ3n) is 5.20. The zero-order valence-electron chi connectivity index (χ0n) is 14.5. The molecule has 2 rings (SSSR count). The molecule has 0 aromatic heterocycles. The van der Waals surface area contributed by atoms with Crippen molar-refractivity contribution in [3.63, 3.8) is 0 Å². The molecule has 2 aliphatic rings. The van der Waals surface area contributed by atoms with Crippen LogP contribution in [0.2, 0.25) is 0 Å². The molecule has 1 aliphatic carbocycles. The average Bonchev–Trinajstić information content (AvgIpc) is 2.84. The van der Waals surface area contributed by atoms with Crippen LogP contribution in [0.25, 0.3) is 0 Å². The molecule has 0 bridgehead atoms. The Morgan fingerprint density at radius 1 is 1.29 bits per heavy atom. The number of aliphatic imine (C=N–C) groups is 1. The van der Waals surface area contributed by atoms with E-state index in [9.17, 15) is 0 Å². The van der Waals surface area contributed by atoms with Crippen LogP contribution < -0.4 is 5.32 Å². The van der Waals surface area contributed by atoms with Gasteiger partial charge in [-0.2, -0.15) is 0 Å². The molecule has 0 atom stereocenters. The molecule has 0 aromatic rings. The maximum Gasteiger partial charge on any atom is 0.157 e. The first kappa shape index (κ1) is 17.2. The second-order valence-corrected chi connectivity index (χ2v) is 9.08. The Morgan fingerprint density at radius 3 is 2.67 bits per heavy atom. The SMILES string of the molecule is CCCCCC(C)(C)CN=C1NC2(CCC(C)CC2)CS1. The van der Waals surface area contributed by atoms with Gasteiger partial charge in [0.15, 0.2) is 5.17 Å². The van der Waals surface area contributed by atoms with Crippen molar-refractivity contribution in [2.75, 3.05) is 12.3 Å². The normalized spacial score (nSPS) is 31.8. The molecule has 0 unspecified atom stereocenters. The van der Waals surface area contributed by atoms with Crippen molar-refractivity contribution < 1.29 is 0 Å². The maximum absolute atomic E-state index is 4.91. The lowest BCUT2D eigenvalue weighted by Crippen LogP contribution is -2.46. The molecule has 3 heteroatoms. The number of unbranched alkanes of at least 4 members (excludes halogenated alkanes) is 2. The highest BCUT2D eigenvalue weighted by molar-refractivity contribution is 8.14. The van der Waals surface area contributed by atoms with Gasteiger partial charge in [-0.05, 0) is 43.4 Å². The fourth-order valence-electron chi connectivity index (χ4n) is 3.39. The standard InChI is InChI=1S/C18H34N2S/c1-5-6-7-10-17(3,4)13-19-16-20-18(14-21-16)11-8-15(2)9-12-18/h15H,5-14H2,1-4H3,(H,19,20). The van der Waals surface area contributed by atoms with Crippen molar-refractivity contribution in [1.82, 2.24) is 5.32 Å². The summed E-state index contributed by atoms with van der Waals surface area (Å²) >= 11 is 1.96. The van der Waals surface area contributed by atoms with Crippen molar-refractivity contribution in [2.45, 2.75) is 84.6 Å². The smallest absolute Gasteiger partial charge is 0.157 e. The predicted molar refractivity (Wildman–Crippen MR) is 96.2 cm³/mol. The first-order valence-corrected chi connectivity index (χ1v) is 9.89. The van der Waals surface area contributed by atoms with E-state index in [2.05, 4.69) is 33.0 Å². The Bertz CT molecular complexity index is 354. The summed E-state index contributed by atoms with van der Waals surface area (Å²) in [7, 11) is 0. The van der Waals surface area contributed by atoms with Gasteiger partial charge in [-0.15, -0.1) is 0 Å². The minimum atomic E-state index is 0.348. The maximum atomic E-state index is 4.91. The fraction of sp³-hybridized carbons (Fsp3) is 0.944. The highest BCUT2D eigenvalue weighted by Gasteiger charge is 2.39. The summed E-state index contributed by atoms with van der Waals surface area (Å²) in [6, 6.07) is 0. The van der Waals surface area contributed by atoms with E-state index >= 15 is 0 Å². The molecular weight excluding hydrogens is 276 g/mol. The van der Waals surface area contributed by atoms with Gasteiger partial charge in [-0.25, -0.2) is 0 Å². The van der Waals surface area contributed by atoms with Crippen LogP contribution in [0.4, 0.5) is 0 Å². The molecule has 21 heavy (non-hydrogen) atoms. The zero-order valence-corrected chi connectivity index (χ0v) is 15.3. The molecule has 1 aliphatic heterocycles. The minimum absolute atomic E-state index is 0.348. The lowest BCUT2D eigenvalue weighted by atomic mass is 9.78. The molecule has 1 heterocycles. The van der Waals surface area contributed by atoms with Gasteiger partial charge in [0.2, 0.25) is 0 Å². The quantitative estimate of drug-likeness (QED) is 0.679. The van der Waals surface area contributed by atoms with Crippen molar-refractivity contribution >= 4 is 16.9 Å². The summed E-state index contributed by atoms with van der Waals surface area (Å²) in [5.41, 5.74) is 0.726. The van der Waals surface area contributed by atoms with E-state index in [0.29, 0.717) is 11.0 Å². The zero-order chi connectivity index (χ0) is 15.3. The number of hydrogen-bond acceptors (Lipinski definition) is 2. The number of thioether (sulfide) groups is 1. The summed E-state index contributed by atoms with van der Waals surface area (Å²) < 4.78 is 0. The van der Waals surface area contributed by atoms with Crippen LogP contribution in [0.15, 0.2) is 4.99 Å². The molecule has 0 aromatic carbocycles. The van der Waals surface area contributed by atoms with Gasteiger partial charge in [0.05, 0.1) is 0 Å². The minimum Gasteiger partial charge on any atom is -0.359 e. The Morgan fingerprint density at radius 2 is 2.00 bits per heavy atom. The van der Waals surface area contributed by atoms with E-state index < -0.39 is 0 Å². The van der Waals surface area contributed by atoms with Crippen LogP contribution >= 0.6 is 11.8 Å². The Kier molecular flexibility index (Phi) is 6.05. The van der Waals surface area contributed by atoms with Gasteiger partial charge in [0.25, 0.3) is 0 Å². The Labute approximate surface area is 135 Å². The molecule has 2 nitrogen and oxygen atoms in total. The third-order valence-corrected chi connectivity index (χ3v) is 6.40. The largest absolute Gasteiger partial charge is 0.359 e. The van der Waals surface area contributed by atoms with E-state index in [1.165, 1.54) is 62.3 Å². The van der Waals surface area contributed by atoms with Gasteiger partial charge in [-0.1, -0.05) is 58.7 Å². The van der Waals surface area contributed by atoms with Gasteiger partial charge in [0, 0.05) is 17.8 Å². The molecule has 1 spiro atoms. The van der Waals surface area contributed by atoms with E-state index in [-0.39, 0.29) is 0 Å². The van der Waals surface area contributed by atoms with E-state index in [4.69, 9.17) is 4.99 Å². The molecule has 1 saturated carbocycles. The van der Waals surface area contributed by atoms with Crippen molar-refractivity contribution in [3.8, 4) is 0 Å². The first-order valence-electron chi connectivity index (χ1n) is 8.90. The average molecular weight is 311 g/mol. The van der Waals surface area contributed by atoms with E-state index in [0.717, 1.165) is 12.5 Å². The van der Waals surface area contributed by atoms with Crippen LogP contribution in [0.1, 0.15) is 79.1 Å². The summed E-state index contributed by atoms with van der Waals surface area (Å²) in [4.78, 5) is 4.91. The fourth-order valence-corrected chi connectivity index (χ4v) is 4.61. The van der Waals surface area contributed by atoms with E-state index in [1.807, 2.05) is 11.8 Å². The molecule has 1 saturated heterocycles. The molecule has 0 radical (unpaired) electrons. The van der Waals surface area contributed by atoms with Crippen molar-refractivity contribution in [3.05, 3.63) is 0 Å². The second-order valence-electron chi connectivity index (χ2n) is 8.12. The van der Waals surface area contributed by atoms with Gasteiger partial charge in [-0.3, -0.25) is 4.99 Å². The number of amidine groups is 1. The molecular formula is C18H34N2S. The monoisotopic (exact) mass is 310 g/mol. The third kappa shape index (κ3) is 5.19. The van der Waals surface area contributed by atoms with Crippen LogP contribution in [0.3, 0.4) is 0 Å². The number of nitrogens with one attached hydrogen (secondary N) is 1. The number of nitrogens with zero attached hydrogens (tertiary/aromatic N) is 1. The summed E-state index contributed by atoms with van der Waals surface area (Å²) in [5, 5.41) is 5.00. The second kappa shape index (κ2) is 7.39. The summed E-state index contributed by atoms with van der Waals surface area (Å²) in [5.74, 6) is 2.15. The Balaban J connectivity index is 1.80. The topological polar surface area (TPSA) is 24.4 Å². The van der Waals surface area contributed by atoms with Crippen LogP contribution in [-0.2, 0) is 0 Å². The highest BCUT2D eigenvalue weighted by atomic mass is 32.2. The highest BCUT2D eigenvalue weighted by Crippen LogP contribution is 2.38. The van der Waals surface area contributed by atoms with Gasteiger partial charge < -0.3 is 5.32 Å². The molecule has 122 valence electrons. The number of hydrogen-bond donors (Lipinski definition) is 1. The van der Waals surface area contributed by atoms with Gasteiger partial charge in [0.1, 0.15) is 0 Å². The molecule has 0 amide bonds. The van der Waals surface area contributed by atoms with Crippen LogP contribution in [0, 0.1) is 11.3 Å². The first-order chi connectivity index (χ1) is 9.95.